The van der Waals surface area contributed by atoms with Gasteiger partial charge in [-0.2, -0.15) is 0 Å². The number of ether oxygens (including phenoxy) is 2. The molecule has 1 aromatic rings. The first-order valence-electron chi connectivity index (χ1n) is 7.41. The molecule has 0 N–H and O–H groups in total. The highest BCUT2D eigenvalue weighted by atomic mass is 35.5. The molecule has 0 spiro atoms. The maximum Gasteiger partial charge on any atom is 0.119 e. The highest BCUT2D eigenvalue weighted by molar-refractivity contribution is 6.18. The topological polar surface area (TPSA) is 21.7 Å². The summed E-state index contributed by atoms with van der Waals surface area (Å²) in [5.41, 5.74) is 0. The molecular weight excluding hydrogens is 309 g/mol. The van der Waals surface area contributed by atoms with Crippen LogP contribution < -0.4 is 9.47 Å². The second-order valence-corrected chi connectivity index (χ2v) is 5.56. The molecule has 0 saturated carbocycles. The molecule has 0 atom stereocenters. The van der Waals surface area contributed by atoms with E-state index in [1.165, 1.54) is 0 Å². The molecule has 5 heteroatoms. The molecule has 0 saturated heterocycles. The number of benzene rings is 1. The van der Waals surface area contributed by atoms with Crippen molar-refractivity contribution < 1.29 is 9.47 Å². The zero-order valence-corrected chi connectivity index (χ0v) is 14.2. The van der Waals surface area contributed by atoms with Crippen LogP contribution in [0.15, 0.2) is 24.3 Å². The van der Waals surface area contributed by atoms with E-state index in [1.54, 1.807) is 7.11 Å². The number of rotatable bonds is 12. The number of methoxy groups -OCH3 is 1. The number of nitrogens with zero attached hydrogens (tertiary/aromatic N) is 1. The summed E-state index contributed by atoms with van der Waals surface area (Å²) < 4.78 is 10.8. The van der Waals surface area contributed by atoms with Gasteiger partial charge in [-0.05, 0) is 56.6 Å². The fourth-order valence-electron chi connectivity index (χ4n) is 2.05. The Morgan fingerprint density at radius 1 is 0.857 bits per heavy atom. The summed E-state index contributed by atoms with van der Waals surface area (Å²) in [7, 11) is 1.66. The Kier molecular flexibility index (Phi) is 10.5. The minimum Gasteiger partial charge on any atom is -0.497 e. The van der Waals surface area contributed by atoms with Crippen LogP contribution in [0.5, 0.6) is 11.5 Å². The molecule has 1 aromatic carbocycles. The highest BCUT2D eigenvalue weighted by Crippen LogP contribution is 2.17. The van der Waals surface area contributed by atoms with Gasteiger partial charge in [-0.15, -0.1) is 23.2 Å². The van der Waals surface area contributed by atoms with E-state index >= 15 is 0 Å². The van der Waals surface area contributed by atoms with E-state index in [9.17, 15) is 0 Å². The van der Waals surface area contributed by atoms with Crippen molar-refractivity contribution in [3.8, 4) is 11.5 Å². The normalized spacial score (nSPS) is 10.9. The molecule has 21 heavy (non-hydrogen) atoms. The molecule has 0 fully saturated rings. The fraction of sp³-hybridized carbons (Fsp3) is 0.625. The fourth-order valence-corrected chi connectivity index (χ4v) is 2.29. The maximum atomic E-state index is 5.76. The Hall–Kier alpha value is -0.640. The van der Waals surface area contributed by atoms with Gasteiger partial charge < -0.3 is 14.4 Å². The van der Waals surface area contributed by atoms with Crippen LogP contribution in [-0.2, 0) is 0 Å². The smallest absolute Gasteiger partial charge is 0.119 e. The number of alkyl halides is 2. The first-order chi connectivity index (χ1) is 10.3. The summed E-state index contributed by atoms with van der Waals surface area (Å²) in [6, 6.07) is 7.67. The van der Waals surface area contributed by atoms with Crippen LogP contribution in [0, 0.1) is 0 Å². The Labute approximate surface area is 138 Å². The van der Waals surface area contributed by atoms with Gasteiger partial charge >= 0.3 is 0 Å². The van der Waals surface area contributed by atoms with E-state index in [2.05, 4.69) is 4.90 Å². The first-order valence-corrected chi connectivity index (χ1v) is 8.48. The lowest BCUT2D eigenvalue weighted by Gasteiger charge is -2.21. The molecule has 0 aliphatic carbocycles. The van der Waals surface area contributed by atoms with E-state index < -0.39 is 0 Å². The van der Waals surface area contributed by atoms with Crippen molar-refractivity contribution in [2.24, 2.45) is 0 Å². The molecule has 0 amide bonds. The first kappa shape index (κ1) is 18.4. The molecule has 0 aliphatic heterocycles. The zero-order chi connectivity index (χ0) is 15.3. The third-order valence-electron chi connectivity index (χ3n) is 3.16. The summed E-state index contributed by atoms with van der Waals surface area (Å²) in [5, 5.41) is 0. The third kappa shape index (κ3) is 8.40. The summed E-state index contributed by atoms with van der Waals surface area (Å²) in [6.45, 7) is 3.79. The second-order valence-electron chi connectivity index (χ2n) is 4.80. The van der Waals surface area contributed by atoms with Crippen LogP contribution in [0.3, 0.4) is 0 Å². The summed E-state index contributed by atoms with van der Waals surface area (Å²) in [6.07, 6.45) is 3.03. The molecule has 120 valence electrons. The van der Waals surface area contributed by atoms with Crippen LogP contribution >= 0.6 is 23.2 Å². The lowest BCUT2D eigenvalue weighted by atomic mass is 10.3. The average molecular weight is 334 g/mol. The summed E-state index contributed by atoms with van der Waals surface area (Å²) in [5.74, 6) is 3.14. The SMILES string of the molecule is COc1ccc(OCCCN(CCCCl)CCCCl)cc1. The highest BCUT2D eigenvalue weighted by Gasteiger charge is 2.04. The molecule has 0 radical (unpaired) electrons. The van der Waals surface area contributed by atoms with E-state index in [1.807, 2.05) is 24.3 Å². The van der Waals surface area contributed by atoms with Crippen molar-refractivity contribution in [3.63, 3.8) is 0 Å². The van der Waals surface area contributed by atoms with Gasteiger partial charge in [0.2, 0.25) is 0 Å². The summed E-state index contributed by atoms with van der Waals surface area (Å²) >= 11 is 11.5. The third-order valence-corrected chi connectivity index (χ3v) is 3.70. The minimum atomic E-state index is 0.708. The van der Waals surface area contributed by atoms with Crippen molar-refractivity contribution in [2.45, 2.75) is 19.3 Å². The lowest BCUT2D eigenvalue weighted by Crippen LogP contribution is -2.28. The van der Waals surface area contributed by atoms with Gasteiger partial charge in [0.25, 0.3) is 0 Å². The van der Waals surface area contributed by atoms with Crippen LogP contribution in [0.25, 0.3) is 0 Å². The van der Waals surface area contributed by atoms with Gasteiger partial charge in [0.1, 0.15) is 11.5 Å². The van der Waals surface area contributed by atoms with Crippen LogP contribution in [0.4, 0.5) is 0 Å². The van der Waals surface area contributed by atoms with E-state index in [-0.39, 0.29) is 0 Å². The molecule has 0 bridgehead atoms. The molecular formula is C16H25Cl2NO2. The van der Waals surface area contributed by atoms with Gasteiger partial charge in [-0.1, -0.05) is 0 Å². The van der Waals surface area contributed by atoms with E-state index in [4.69, 9.17) is 32.7 Å². The van der Waals surface area contributed by atoms with Gasteiger partial charge in [0.15, 0.2) is 0 Å². The van der Waals surface area contributed by atoms with Gasteiger partial charge in [-0.25, -0.2) is 0 Å². The molecule has 0 aliphatic rings. The quantitative estimate of drug-likeness (QED) is 0.426. The number of halogens is 2. The molecule has 0 heterocycles. The lowest BCUT2D eigenvalue weighted by molar-refractivity contribution is 0.235. The average Bonchev–Trinajstić information content (AvgIpc) is 2.53. The minimum absolute atomic E-state index is 0.708. The zero-order valence-electron chi connectivity index (χ0n) is 12.7. The van der Waals surface area contributed by atoms with Crippen molar-refractivity contribution >= 4 is 23.2 Å². The Balaban J connectivity index is 2.22. The molecule has 1 rings (SSSR count). The van der Waals surface area contributed by atoms with Gasteiger partial charge in [0, 0.05) is 18.3 Å². The largest absolute Gasteiger partial charge is 0.497 e. The van der Waals surface area contributed by atoms with Crippen molar-refractivity contribution in [2.75, 3.05) is 45.1 Å². The molecule has 3 nitrogen and oxygen atoms in total. The van der Waals surface area contributed by atoms with Gasteiger partial charge in [0.05, 0.1) is 13.7 Å². The van der Waals surface area contributed by atoms with Crippen molar-refractivity contribution in [1.29, 1.82) is 0 Å². The van der Waals surface area contributed by atoms with Crippen molar-refractivity contribution in [3.05, 3.63) is 24.3 Å². The van der Waals surface area contributed by atoms with Gasteiger partial charge in [-0.3, -0.25) is 0 Å². The van der Waals surface area contributed by atoms with Crippen LogP contribution in [0.1, 0.15) is 19.3 Å². The van der Waals surface area contributed by atoms with Crippen LogP contribution in [-0.4, -0.2) is 50.0 Å². The standard InChI is InChI=1S/C16H25Cl2NO2/c1-20-15-5-7-16(8-6-15)21-14-4-13-19(11-2-9-17)12-3-10-18/h5-8H,2-4,9-14H2,1H3. The maximum absolute atomic E-state index is 5.76. The number of hydrogen-bond donors (Lipinski definition) is 0. The number of hydrogen-bond acceptors (Lipinski definition) is 3. The Morgan fingerprint density at radius 2 is 1.38 bits per heavy atom. The predicted octanol–water partition coefficient (Wildman–Crippen LogP) is 4.02. The monoisotopic (exact) mass is 333 g/mol. The Morgan fingerprint density at radius 3 is 1.90 bits per heavy atom. The molecule has 0 unspecified atom stereocenters. The second kappa shape index (κ2) is 12.0. The van der Waals surface area contributed by atoms with E-state index in [0.29, 0.717) is 18.4 Å². The summed E-state index contributed by atoms with van der Waals surface area (Å²) in [4.78, 5) is 2.40. The molecule has 0 aromatic heterocycles. The van der Waals surface area contributed by atoms with Crippen LogP contribution in [0.2, 0.25) is 0 Å². The van der Waals surface area contributed by atoms with E-state index in [0.717, 1.165) is 50.4 Å². The predicted molar refractivity (Wildman–Crippen MR) is 90.2 cm³/mol. The van der Waals surface area contributed by atoms with Crippen molar-refractivity contribution in [1.82, 2.24) is 4.90 Å². The Bertz CT molecular complexity index is 352.